The van der Waals surface area contributed by atoms with Crippen molar-refractivity contribution in [3.05, 3.63) is 0 Å². The van der Waals surface area contributed by atoms with E-state index >= 15 is 0 Å². The number of nitrogens with zero attached hydrogens (tertiary/aromatic N) is 1. The maximum Gasteiger partial charge on any atom is 0.323 e. The normalized spacial score (nSPS) is 15.1. The lowest BCUT2D eigenvalue weighted by molar-refractivity contribution is -0.142. The molecule has 1 atom stereocenters. The lowest BCUT2D eigenvalue weighted by Crippen LogP contribution is -2.45. The van der Waals surface area contributed by atoms with Gasteiger partial charge in [0.25, 0.3) is 0 Å². The fraction of sp³-hybridized carbons (Fsp3) is 0.929. The van der Waals surface area contributed by atoms with Gasteiger partial charge in [-0.15, -0.1) is 0 Å². The van der Waals surface area contributed by atoms with Crippen LogP contribution in [0.25, 0.3) is 0 Å². The standard InChI is InChI=1S/C14H30N2O2/c1-5-6-7-10-16(12(2)3)11-8-9-14(4,15)13(17)18/h12H,5-11,15H2,1-4H3,(H,17,18). The van der Waals surface area contributed by atoms with E-state index in [1.54, 1.807) is 6.92 Å². The van der Waals surface area contributed by atoms with Crippen LogP contribution in [0.2, 0.25) is 0 Å². The monoisotopic (exact) mass is 258 g/mol. The smallest absolute Gasteiger partial charge is 0.323 e. The molecule has 108 valence electrons. The van der Waals surface area contributed by atoms with Crippen LogP contribution in [0.1, 0.15) is 59.8 Å². The van der Waals surface area contributed by atoms with Crippen LogP contribution in [0.15, 0.2) is 0 Å². The predicted octanol–water partition coefficient (Wildman–Crippen LogP) is 2.47. The van der Waals surface area contributed by atoms with Crippen molar-refractivity contribution in [2.75, 3.05) is 13.1 Å². The summed E-state index contributed by atoms with van der Waals surface area (Å²) < 4.78 is 0. The SMILES string of the molecule is CCCCCN(CCCC(C)(N)C(=O)O)C(C)C. The Kier molecular flexibility index (Phi) is 8.20. The van der Waals surface area contributed by atoms with Crippen molar-refractivity contribution < 1.29 is 9.90 Å². The van der Waals surface area contributed by atoms with Gasteiger partial charge in [-0.1, -0.05) is 19.8 Å². The van der Waals surface area contributed by atoms with E-state index in [4.69, 9.17) is 10.8 Å². The number of unbranched alkanes of at least 4 members (excludes halogenated alkanes) is 2. The highest BCUT2D eigenvalue weighted by atomic mass is 16.4. The van der Waals surface area contributed by atoms with Crippen molar-refractivity contribution in [2.45, 2.75) is 71.4 Å². The topological polar surface area (TPSA) is 66.6 Å². The van der Waals surface area contributed by atoms with Crippen LogP contribution in [-0.2, 0) is 4.79 Å². The molecule has 0 fully saturated rings. The Hall–Kier alpha value is -0.610. The molecule has 0 rings (SSSR count). The number of hydrogen-bond acceptors (Lipinski definition) is 3. The molecule has 0 heterocycles. The molecular weight excluding hydrogens is 228 g/mol. The highest BCUT2D eigenvalue weighted by Gasteiger charge is 2.27. The zero-order chi connectivity index (χ0) is 14.2. The molecule has 0 aliphatic carbocycles. The third kappa shape index (κ3) is 6.97. The maximum absolute atomic E-state index is 10.9. The molecule has 0 aromatic heterocycles. The second kappa shape index (κ2) is 8.48. The quantitative estimate of drug-likeness (QED) is 0.591. The van der Waals surface area contributed by atoms with Crippen LogP contribution >= 0.6 is 0 Å². The van der Waals surface area contributed by atoms with Gasteiger partial charge in [-0.2, -0.15) is 0 Å². The van der Waals surface area contributed by atoms with Crippen molar-refractivity contribution >= 4 is 5.97 Å². The molecule has 3 N–H and O–H groups in total. The Morgan fingerprint density at radius 3 is 2.28 bits per heavy atom. The number of nitrogens with two attached hydrogens (primary N) is 1. The van der Waals surface area contributed by atoms with Crippen LogP contribution in [0.4, 0.5) is 0 Å². The predicted molar refractivity (Wildman–Crippen MR) is 75.7 cm³/mol. The molecule has 4 nitrogen and oxygen atoms in total. The minimum atomic E-state index is -1.09. The Morgan fingerprint density at radius 2 is 1.83 bits per heavy atom. The summed E-state index contributed by atoms with van der Waals surface area (Å²) in [4.78, 5) is 13.3. The fourth-order valence-corrected chi connectivity index (χ4v) is 1.95. The van der Waals surface area contributed by atoms with Crippen LogP contribution in [0, 0.1) is 0 Å². The van der Waals surface area contributed by atoms with Gasteiger partial charge in [-0.3, -0.25) is 4.79 Å². The number of rotatable bonds is 10. The summed E-state index contributed by atoms with van der Waals surface area (Å²) in [6.07, 6.45) is 5.06. The third-order valence-electron chi connectivity index (χ3n) is 3.41. The molecule has 1 unspecified atom stereocenters. The Labute approximate surface area is 112 Å². The molecule has 0 bridgehead atoms. The summed E-state index contributed by atoms with van der Waals surface area (Å²) in [5.74, 6) is -0.912. The molecule has 0 aromatic carbocycles. The Balaban J connectivity index is 4.01. The third-order valence-corrected chi connectivity index (χ3v) is 3.41. The highest BCUT2D eigenvalue weighted by molar-refractivity contribution is 5.77. The van der Waals surface area contributed by atoms with E-state index < -0.39 is 11.5 Å². The summed E-state index contributed by atoms with van der Waals surface area (Å²) in [5.41, 5.74) is 4.63. The van der Waals surface area contributed by atoms with E-state index in [2.05, 4.69) is 25.7 Å². The molecule has 0 spiro atoms. The maximum atomic E-state index is 10.9. The number of carbonyl (C=O) groups is 1. The van der Waals surface area contributed by atoms with Gasteiger partial charge >= 0.3 is 5.97 Å². The Bertz CT molecular complexity index is 240. The first-order valence-electron chi connectivity index (χ1n) is 7.07. The second-order valence-electron chi connectivity index (χ2n) is 5.66. The first-order chi connectivity index (χ1) is 8.31. The number of carboxylic acid groups (broad SMARTS) is 1. The van der Waals surface area contributed by atoms with Crippen LogP contribution in [-0.4, -0.2) is 40.6 Å². The van der Waals surface area contributed by atoms with E-state index in [9.17, 15) is 4.79 Å². The van der Waals surface area contributed by atoms with Crippen LogP contribution in [0.3, 0.4) is 0 Å². The van der Waals surface area contributed by atoms with Gasteiger partial charge in [-0.05, 0) is 53.1 Å². The van der Waals surface area contributed by atoms with Crippen LogP contribution < -0.4 is 5.73 Å². The lowest BCUT2D eigenvalue weighted by Gasteiger charge is -2.28. The zero-order valence-corrected chi connectivity index (χ0v) is 12.4. The number of aliphatic carboxylic acids is 1. The molecule has 0 aliphatic rings. The molecule has 0 radical (unpaired) electrons. The minimum absolute atomic E-state index is 0.510. The van der Waals surface area contributed by atoms with Crippen molar-refractivity contribution in [2.24, 2.45) is 5.73 Å². The molecular formula is C14H30N2O2. The molecule has 0 amide bonds. The minimum Gasteiger partial charge on any atom is -0.480 e. The van der Waals surface area contributed by atoms with Gasteiger partial charge in [0.1, 0.15) is 5.54 Å². The van der Waals surface area contributed by atoms with E-state index in [0.29, 0.717) is 12.5 Å². The first kappa shape index (κ1) is 17.4. The van der Waals surface area contributed by atoms with Gasteiger partial charge in [0, 0.05) is 6.04 Å². The van der Waals surface area contributed by atoms with Gasteiger partial charge in [0.05, 0.1) is 0 Å². The average Bonchev–Trinajstić information content (AvgIpc) is 2.26. The number of carboxylic acids is 1. The highest BCUT2D eigenvalue weighted by Crippen LogP contribution is 2.11. The molecule has 0 saturated carbocycles. The van der Waals surface area contributed by atoms with E-state index in [-0.39, 0.29) is 0 Å². The molecule has 0 aliphatic heterocycles. The zero-order valence-electron chi connectivity index (χ0n) is 12.4. The van der Waals surface area contributed by atoms with Crippen molar-refractivity contribution in [1.29, 1.82) is 0 Å². The van der Waals surface area contributed by atoms with E-state index in [1.165, 1.54) is 19.3 Å². The second-order valence-corrected chi connectivity index (χ2v) is 5.66. The largest absolute Gasteiger partial charge is 0.480 e. The van der Waals surface area contributed by atoms with E-state index in [1.807, 2.05) is 0 Å². The fourth-order valence-electron chi connectivity index (χ4n) is 1.95. The average molecular weight is 258 g/mol. The van der Waals surface area contributed by atoms with Gasteiger partial charge in [0.15, 0.2) is 0 Å². The lowest BCUT2D eigenvalue weighted by atomic mass is 9.97. The van der Waals surface area contributed by atoms with Gasteiger partial charge in [-0.25, -0.2) is 0 Å². The molecule has 0 aromatic rings. The van der Waals surface area contributed by atoms with Crippen LogP contribution in [0.5, 0.6) is 0 Å². The van der Waals surface area contributed by atoms with Crippen molar-refractivity contribution in [3.8, 4) is 0 Å². The summed E-state index contributed by atoms with van der Waals surface area (Å²) in [7, 11) is 0. The first-order valence-corrected chi connectivity index (χ1v) is 7.07. The van der Waals surface area contributed by atoms with Crippen molar-refractivity contribution in [1.82, 2.24) is 4.90 Å². The molecule has 18 heavy (non-hydrogen) atoms. The molecule has 0 saturated heterocycles. The van der Waals surface area contributed by atoms with E-state index in [0.717, 1.165) is 19.5 Å². The van der Waals surface area contributed by atoms with Crippen molar-refractivity contribution in [3.63, 3.8) is 0 Å². The Morgan fingerprint density at radius 1 is 1.28 bits per heavy atom. The number of hydrogen-bond donors (Lipinski definition) is 2. The van der Waals surface area contributed by atoms with Gasteiger partial charge in [0.2, 0.25) is 0 Å². The summed E-state index contributed by atoms with van der Waals surface area (Å²) in [6, 6.07) is 0.510. The van der Waals surface area contributed by atoms with Gasteiger partial charge < -0.3 is 15.7 Å². The summed E-state index contributed by atoms with van der Waals surface area (Å²) in [6.45, 7) is 10.2. The molecule has 4 heteroatoms. The summed E-state index contributed by atoms with van der Waals surface area (Å²) >= 11 is 0. The summed E-state index contributed by atoms with van der Waals surface area (Å²) in [5, 5.41) is 8.95.